The van der Waals surface area contributed by atoms with Crippen LogP contribution >= 0.6 is 11.8 Å². The van der Waals surface area contributed by atoms with Gasteiger partial charge in [-0.3, -0.25) is 4.90 Å². The van der Waals surface area contributed by atoms with Crippen molar-refractivity contribution in [3.8, 4) is 0 Å². The Morgan fingerprint density at radius 2 is 1.95 bits per heavy atom. The van der Waals surface area contributed by atoms with Crippen LogP contribution in [0.1, 0.15) is 25.8 Å². The molecule has 0 radical (unpaired) electrons. The molecule has 1 fully saturated rings. The van der Waals surface area contributed by atoms with Crippen molar-refractivity contribution < 1.29 is 0 Å². The van der Waals surface area contributed by atoms with E-state index in [-0.39, 0.29) is 11.0 Å². The molecule has 0 aliphatic carbocycles. The third-order valence-electron chi connectivity index (χ3n) is 4.80. The highest BCUT2D eigenvalue weighted by Crippen LogP contribution is 2.45. The Morgan fingerprint density at radius 1 is 1.26 bits per heavy atom. The Kier molecular flexibility index (Phi) is 4.59. The van der Waals surface area contributed by atoms with E-state index in [0.717, 1.165) is 18.8 Å². The second-order valence-corrected chi connectivity index (χ2v) is 7.37. The topological polar surface area (TPSA) is 29.3 Å². The average Bonchev–Trinajstić information content (AvgIpc) is 2.39. The number of rotatable bonds is 4. The molecule has 0 saturated carbocycles. The van der Waals surface area contributed by atoms with E-state index in [4.69, 9.17) is 5.73 Å². The molecule has 1 aliphatic rings. The molecule has 1 heterocycles. The van der Waals surface area contributed by atoms with Gasteiger partial charge in [-0.25, -0.2) is 0 Å². The molecule has 0 aromatic heterocycles. The fourth-order valence-electron chi connectivity index (χ4n) is 3.12. The third-order valence-corrected chi connectivity index (χ3v) is 5.98. The lowest BCUT2D eigenvalue weighted by Crippen LogP contribution is -2.64. The highest BCUT2D eigenvalue weighted by Gasteiger charge is 2.48. The Labute approximate surface area is 121 Å². The van der Waals surface area contributed by atoms with Gasteiger partial charge in [0.05, 0.1) is 0 Å². The summed E-state index contributed by atoms with van der Waals surface area (Å²) < 4.78 is 0. The number of hydrogen-bond donors (Lipinski definition) is 1. The second-order valence-electron chi connectivity index (χ2n) is 6.26. The molecule has 2 rings (SSSR count). The molecule has 0 amide bonds. The summed E-state index contributed by atoms with van der Waals surface area (Å²) in [5.41, 5.74) is 7.96. The smallest absolute Gasteiger partial charge is 0.0473 e. The van der Waals surface area contributed by atoms with Gasteiger partial charge in [0.1, 0.15) is 0 Å². The first-order chi connectivity index (χ1) is 9.02. The van der Waals surface area contributed by atoms with Crippen LogP contribution in [0.2, 0.25) is 0 Å². The maximum absolute atomic E-state index is 6.21. The predicted molar refractivity (Wildman–Crippen MR) is 85.4 cm³/mol. The maximum atomic E-state index is 6.21. The first-order valence-electron chi connectivity index (χ1n) is 7.05. The van der Waals surface area contributed by atoms with Crippen molar-refractivity contribution >= 4 is 11.8 Å². The fourth-order valence-corrected chi connectivity index (χ4v) is 4.99. The normalized spacial score (nSPS) is 26.6. The molecular weight excluding hydrogens is 252 g/mol. The van der Waals surface area contributed by atoms with Gasteiger partial charge in [-0.2, -0.15) is 11.8 Å². The number of likely N-dealkylation sites (N-methyl/N-ethyl adjacent to an activating group) is 1. The molecule has 106 valence electrons. The van der Waals surface area contributed by atoms with E-state index in [1.54, 1.807) is 0 Å². The van der Waals surface area contributed by atoms with E-state index in [2.05, 4.69) is 56.1 Å². The van der Waals surface area contributed by atoms with Crippen molar-refractivity contribution in [2.24, 2.45) is 11.1 Å². The predicted octanol–water partition coefficient (Wildman–Crippen LogP) is 2.98. The number of thioether (sulfide) groups is 1. The van der Waals surface area contributed by atoms with E-state index in [1.165, 1.54) is 17.7 Å². The summed E-state index contributed by atoms with van der Waals surface area (Å²) in [5, 5.41) is 0. The molecule has 1 unspecified atom stereocenters. The number of nitrogens with two attached hydrogens (primary N) is 1. The first-order valence-corrected chi connectivity index (χ1v) is 8.20. The lowest BCUT2D eigenvalue weighted by Gasteiger charge is -2.54. The largest absolute Gasteiger partial charge is 0.329 e. The number of nitrogens with zero attached hydrogens (tertiary/aromatic N) is 1. The van der Waals surface area contributed by atoms with Crippen LogP contribution in [-0.2, 0) is 6.54 Å². The zero-order valence-electron chi connectivity index (χ0n) is 12.4. The lowest BCUT2D eigenvalue weighted by molar-refractivity contribution is 0.0148. The Bertz CT molecular complexity index is 404. The standard InChI is InChI=1S/C16H26N2S/c1-15(2)9-10-19-13-16(15,12-17)18(3)11-14-7-5-4-6-8-14/h4-8H,9-13,17H2,1-3H3. The minimum Gasteiger partial charge on any atom is -0.329 e. The molecule has 1 aromatic carbocycles. The van der Waals surface area contributed by atoms with Crippen LogP contribution in [0.3, 0.4) is 0 Å². The monoisotopic (exact) mass is 278 g/mol. The zero-order chi connectivity index (χ0) is 13.9. The van der Waals surface area contributed by atoms with Gasteiger partial charge in [0.25, 0.3) is 0 Å². The second kappa shape index (κ2) is 5.86. The molecule has 1 aromatic rings. The quantitative estimate of drug-likeness (QED) is 0.918. The molecule has 2 nitrogen and oxygen atoms in total. The van der Waals surface area contributed by atoms with E-state index >= 15 is 0 Å². The minimum atomic E-state index is 0.103. The summed E-state index contributed by atoms with van der Waals surface area (Å²) in [7, 11) is 2.23. The third kappa shape index (κ3) is 2.83. The van der Waals surface area contributed by atoms with Crippen LogP contribution < -0.4 is 5.73 Å². The van der Waals surface area contributed by atoms with Crippen LogP contribution in [0.25, 0.3) is 0 Å². The van der Waals surface area contributed by atoms with E-state index < -0.39 is 0 Å². The van der Waals surface area contributed by atoms with Crippen LogP contribution in [0, 0.1) is 5.41 Å². The van der Waals surface area contributed by atoms with Crippen LogP contribution in [0.4, 0.5) is 0 Å². The average molecular weight is 278 g/mol. The molecule has 1 aliphatic heterocycles. The van der Waals surface area contributed by atoms with Gasteiger partial charge in [-0.1, -0.05) is 44.2 Å². The van der Waals surface area contributed by atoms with Gasteiger partial charge in [-0.05, 0) is 30.2 Å². The molecule has 1 saturated heterocycles. The SMILES string of the molecule is CN(Cc1ccccc1)C1(CN)CSCCC1(C)C. The molecule has 0 spiro atoms. The maximum Gasteiger partial charge on any atom is 0.0473 e. The fraction of sp³-hybridized carbons (Fsp3) is 0.625. The van der Waals surface area contributed by atoms with Crippen LogP contribution in [0.5, 0.6) is 0 Å². The van der Waals surface area contributed by atoms with Crippen molar-refractivity contribution in [1.29, 1.82) is 0 Å². The highest BCUT2D eigenvalue weighted by molar-refractivity contribution is 7.99. The summed E-state index contributed by atoms with van der Waals surface area (Å²) in [6, 6.07) is 10.7. The molecule has 0 bridgehead atoms. The summed E-state index contributed by atoms with van der Waals surface area (Å²) in [6.07, 6.45) is 1.24. The summed E-state index contributed by atoms with van der Waals surface area (Å²) >= 11 is 2.05. The van der Waals surface area contributed by atoms with Gasteiger partial charge in [0.2, 0.25) is 0 Å². The Balaban J connectivity index is 2.20. The van der Waals surface area contributed by atoms with Gasteiger partial charge >= 0.3 is 0 Å². The van der Waals surface area contributed by atoms with Crippen molar-refractivity contribution in [3.05, 3.63) is 35.9 Å². The molecular formula is C16H26N2S. The van der Waals surface area contributed by atoms with Gasteiger partial charge in [0.15, 0.2) is 0 Å². The van der Waals surface area contributed by atoms with Gasteiger partial charge in [-0.15, -0.1) is 0 Å². The molecule has 2 N–H and O–H groups in total. The number of hydrogen-bond acceptors (Lipinski definition) is 3. The molecule has 19 heavy (non-hydrogen) atoms. The lowest BCUT2D eigenvalue weighted by atomic mass is 9.69. The Morgan fingerprint density at radius 3 is 2.53 bits per heavy atom. The van der Waals surface area contributed by atoms with E-state index in [9.17, 15) is 0 Å². The highest BCUT2D eigenvalue weighted by atomic mass is 32.2. The first kappa shape index (κ1) is 14.9. The van der Waals surface area contributed by atoms with Crippen LogP contribution in [-0.4, -0.2) is 35.5 Å². The summed E-state index contributed by atoms with van der Waals surface area (Å²) in [6.45, 7) is 6.46. The van der Waals surface area contributed by atoms with Crippen LogP contribution in [0.15, 0.2) is 30.3 Å². The van der Waals surface area contributed by atoms with Crippen molar-refractivity contribution in [2.45, 2.75) is 32.4 Å². The minimum absolute atomic E-state index is 0.103. The molecule has 1 atom stereocenters. The number of benzene rings is 1. The van der Waals surface area contributed by atoms with Crippen molar-refractivity contribution in [3.63, 3.8) is 0 Å². The van der Waals surface area contributed by atoms with Crippen molar-refractivity contribution in [2.75, 3.05) is 25.1 Å². The Hall–Kier alpha value is -0.510. The van der Waals surface area contributed by atoms with Crippen molar-refractivity contribution in [1.82, 2.24) is 4.90 Å². The van der Waals surface area contributed by atoms with Gasteiger partial charge in [0, 0.05) is 24.4 Å². The van der Waals surface area contributed by atoms with Gasteiger partial charge < -0.3 is 5.73 Å². The van der Waals surface area contributed by atoms with E-state index in [0.29, 0.717) is 0 Å². The molecule has 3 heteroatoms. The van der Waals surface area contributed by atoms with E-state index in [1.807, 2.05) is 11.8 Å². The summed E-state index contributed by atoms with van der Waals surface area (Å²) in [4.78, 5) is 2.48. The summed E-state index contributed by atoms with van der Waals surface area (Å²) in [5.74, 6) is 2.40. The zero-order valence-corrected chi connectivity index (χ0v) is 13.2.